The third-order valence-corrected chi connectivity index (χ3v) is 2.37. The molecule has 1 heterocycles. The molecule has 5 nitrogen and oxygen atoms in total. The Balaban J connectivity index is 2.10. The molecule has 1 aromatic carbocycles. The number of anilines is 2. The first-order valence-electron chi connectivity index (χ1n) is 5.72. The Morgan fingerprint density at radius 2 is 2.00 bits per heavy atom. The van der Waals surface area contributed by atoms with Crippen LogP contribution in [0.3, 0.4) is 0 Å². The quantitative estimate of drug-likeness (QED) is 0.913. The minimum absolute atomic E-state index is 0.165. The van der Waals surface area contributed by atoms with Crippen LogP contribution in [0.2, 0.25) is 0 Å². The van der Waals surface area contributed by atoms with Crippen molar-refractivity contribution < 1.29 is 22.7 Å². The average Bonchev–Trinajstić information content (AvgIpc) is 2.37. The Hall–Kier alpha value is -2.77. The van der Waals surface area contributed by atoms with Gasteiger partial charge < -0.3 is 15.8 Å². The second-order valence-corrected chi connectivity index (χ2v) is 4.00. The van der Waals surface area contributed by atoms with Gasteiger partial charge in [-0.1, -0.05) is 6.07 Å². The number of pyridine rings is 1. The molecule has 0 saturated carbocycles. The number of ether oxygens (including phenoxy) is 1. The van der Waals surface area contributed by atoms with E-state index < -0.39 is 18.0 Å². The van der Waals surface area contributed by atoms with Crippen molar-refractivity contribution in [3.8, 4) is 5.75 Å². The number of amides is 1. The molecule has 1 aromatic heterocycles. The van der Waals surface area contributed by atoms with Crippen LogP contribution in [0.4, 0.5) is 24.7 Å². The predicted octanol–water partition coefficient (Wildman–Crippen LogP) is 2.81. The zero-order valence-corrected chi connectivity index (χ0v) is 10.5. The standard InChI is InChI=1S/C13H10F3N3O2/c14-13(15,16)21-10-3-1-2-9(6-10)19-12(20)8-4-5-11(17)18-7-8/h1-7H,(H2,17,18)(H,19,20). The Morgan fingerprint density at radius 1 is 1.24 bits per heavy atom. The van der Waals surface area contributed by atoms with Crippen LogP contribution in [0.25, 0.3) is 0 Å². The topological polar surface area (TPSA) is 77.2 Å². The second-order valence-electron chi connectivity index (χ2n) is 4.00. The van der Waals surface area contributed by atoms with Gasteiger partial charge in [-0.25, -0.2) is 4.98 Å². The molecule has 0 aliphatic heterocycles. The van der Waals surface area contributed by atoms with Crippen LogP contribution in [-0.4, -0.2) is 17.3 Å². The van der Waals surface area contributed by atoms with Gasteiger partial charge >= 0.3 is 6.36 Å². The SMILES string of the molecule is Nc1ccc(C(=O)Nc2cccc(OC(F)(F)F)c2)cn1. The lowest BCUT2D eigenvalue weighted by Gasteiger charge is -2.10. The second kappa shape index (κ2) is 5.70. The van der Waals surface area contributed by atoms with E-state index in [2.05, 4.69) is 15.0 Å². The first kappa shape index (κ1) is 14.6. The Bertz CT molecular complexity index is 642. The molecule has 2 rings (SSSR count). The number of alkyl halides is 3. The lowest BCUT2D eigenvalue weighted by Crippen LogP contribution is -2.17. The van der Waals surface area contributed by atoms with Crippen LogP contribution < -0.4 is 15.8 Å². The number of rotatable bonds is 3. The molecule has 3 N–H and O–H groups in total. The Morgan fingerprint density at radius 3 is 2.62 bits per heavy atom. The first-order chi connectivity index (χ1) is 9.83. The smallest absolute Gasteiger partial charge is 0.406 e. The molecule has 0 saturated heterocycles. The highest BCUT2D eigenvalue weighted by Crippen LogP contribution is 2.25. The van der Waals surface area contributed by atoms with Gasteiger partial charge in [0.1, 0.15) is 11.6 Å². The molecule has 21 heavy (non-hydrogen) atoms. The molecule has 0 unspecified atom stereocenters. The van der Waals surface area contributed by atoms with Crippen molar-refractivity contribution in [1.29, 1.82) is 0 Å². The van der Waals surface area contributed by atoms with Gasteiger partial charge in [-0.3, -0.25) is 4.79 Å². The molecule has 2 aromatic rings. The van der Waals surface area contributed by atoms with E-state index in [1.807, 2.05) is 0 Å². The molecule has 0 bridgehead atoms. The van der Waals surface area contributed by atoms with Gasteiger partial charge in [-0.05, 0) is 24.3 Å². The van der Waals surface area contributed by atoms with Gasteiger partial charge in [0.05, 0.1) is 5.56 Å². The molecule has 0 atom stereocenters. The predicted molar refractivity (Wildman–Crippen MR) is 69.7 cm³/mol. The zero-order valence-electron chi connectivity index (χ0n) is 10.5. The van der Waals surface area contributed by atoms with Crippen molar-refractivity contribution in [1.82, 2.24) is 4.98 Å². The summed E-state index contributed by atoms with van der Waals surface area (Å²) in [7, 11) is 0. The summed E-state index contributed by atoms with van der Waals surface area (Å²) in [6, 6.07) is 7.86. The molecule has 0 aliphatic rings. The summed E-state index contributed by atoms with van der Waals surface area (Å²) in [5.74, 6) is -0.686. The molecule has 0 aliphatic carbocycles. The lowest BCUT2D eigenvalue weighted by molar-refractivity contribution is -0.274. The molecular weight excluding hydrogens is 287 g/mol. The number of carbonyl (C=O) groups is 1. The van der Waals surface area contributed by atoms with E-state index in [0.717, 1.165) is 12.1 Å². The lowest BCUT2D eigenvalue weighted by atomic mass is 10.2. The highest BCUT2D eigenvalue weighted by molar-refractivity contribution is 6.04. The van der Waals surface area contributed by atoms with Crippen molar-refractivity contribution in [2.45, 2.75) is 6.36 Å². The van der Waals surface area contributed by atoms with Crippen LogP contribution in [0.15, 0.2) is 42.6 Å². The van der Waals surface area contributed by atoms with E-state index in [-0.39, 0.29) is 17.1 Å². The Labute approximate surface area is 117 Å². The third-order valence-electron chi connectivity index (χ3n) is 2.37. The fourth-order valence-corrected chi connectivity index (χ4v) is 1.51. The Kier molecular flexibility index (Phi) is 3.97. The summed E-state index contributed by atoms with van der Waals surface area (Å²) in [5, 5.41) is 2.44. The van der Waals surface area contributed by atoms with Crippen LogP contribution in [0.5, 0.6) is 5.75 Å². The molecule has 0 fully saturated rings. The molecule has 110 valence electrons. The number of nitrogen functional groups attached to an aromatic ring is 1. The number of hydrogen-bond donors (Lipinski definition) is 2. The van der Waals surface area contributed by atoms with Crippen molar-refractivity contribution in [3.63, 3.8) is 0 Å². The number of hydrogen-bond acceptors (Lipinski definition) is 4. The number of halogens is 3. The number of nitrogens with two attached hydrogens (primary N) is 1. The van der Waals surface area contributed by atoms with E-state index in [1.54, 1.807) is 0 Å². The van der Waals surface area contributed by atoms with E-state index in [1.165, 1.54) is 30.5 Å². The summed E-state index contributed by atoms with van der Waals surface area (Å²) in [6.45, 7) is 0. The normalized spacial score (nSPS) is 11.0. The van der Waals surface area contributed by atoms with Gasteiger partial charge in [0.2, 0.25) is 0 Å². The van der Waals surface area contributed by atoms with Gasteiger partial charge in [0, 0.05) is 18.0 Å². The minimum atomic E-state index is -4.79. The minimum Gasteiger partial charge on any atom is -0.406 e. The maximum absolute atomic E-state index is 12.1. The molecule has 0 radical (unpaired) electrons. The zero-order chi connectivity index (χ0) is 15.5. The van der Waals surface area contributed by atoms with Crippen molar-refractivity contribution >= 4 is 17.4 Å². The third kappa shape index (κ3) is 4.37. The largest absolute Gasteiger partial charge is 0.573 e. The van der Waals surface area contributed by atoms with E-state index in [9.17, 15) is 18.0 Å². The summed E-state index contributed by atoms with van der Waals surface area (Å²) in [6.07, 6.45) is -3.52. The van der Waals surface area contributed by atoms with E-state index in [0.29, 0.717) is 0 Å². The van der Waals surface area contributed by atoms with Crippen molar-refractivity contribution in [3.05, 3.63) is 48.2 Å². The number of carbonyl (C=O) groups excluding carboxylic acids is 1. The summed E-state index contributed by atoms with van der Waals surface area (Å²) in [4.78, 5) is 15.6. The number of nitrogens with zero attached hydrogens (tertiary/aromatic N) is 1. The summed E-state index contributed by atoms with van der Waals surface area (Å²) in [5.41, 5.74) is 5.79. The van der Waals surface area contributed by atoms with Crippen LogP contribution in [0, 0.1) is 0 Å². The fraction of sp³-hybridized carbons (Fsp3) is 0.0769. The van der Waals surface area contributed by atoms with Crippen molar-refractivity contribution in [2.75, 3.05) is 11.1 Å². The van der Waals surface area contributed by atoms with Gasteiger partial charge in [0.15, 0.2) is 0 Å². The summed E-state index contributed by atoms with van der Waals surface area (Å²) < 4.78 is 40.1. The van der Waals surface area contributed by atoms with Gasteiger partial charge in [-0.2, -0.15) is 0 Å². The van der Waals surface area contributed by atoms with E-state index in [4.69, 9.17) is 5.73 Å². The van der Waals surface area contributed by atoms with Gasteiger partial charge in [0.25, 0.3) is 5.91 Å². The molecule has 8 heteroatoms. The monoisotopic (exact) mass is 297 g/mol. The maximum Gasteiger partial charge on any atom is 0.573 e. The highest BCUT2D eigenvalue weighted by Gasteiger charge is 2.31. The van der Waals surface area contributed by atoms with Gasteiger partial charge in [-0.15, -0.1) is 13.2 Å². The van der Waals surface area contributed by atoms with Crippen molar-refractivity contribution in [2.24, 2.45) is 0 Å². The number of benzene rings is 1. The first-order valence-corrected chi connectivity index (χ1v) is 5.72. The number of aromatic nitrogens is 1. The molecule has 1 amide bonds. The molecular formula is C13H10F3N3O2. The summed E-state index contributed by atoms with van der Waals surface area (Å²) >= 11 is 0. The van der Waals surface area contributed by atoms with E-state index >= 15 is 0 Å². The fourth-order valence-electron chi connectivity index (χ4n) is 1.51. The van der Waals surface area contributed by atoms with Crippen LogP contribution in [0.1, 0.15) is 10.4 Å². The van der Waals surface area contributed by atoms with Crippen LogP contribution >= 0.6 is 0 Å². The number of nitrogens with one attached hydrogen (secondary N) is 1. The highest BCUT2D eigenvalue weighted by atomic mass is 19.4. The average molecular weight is 297 g/mol. The molecule has 0 spiro atoms. The maximum atomic E-state index is 12.1. The van der Waals surface area contributed by atoms with Crippen LogP contribution in [-0.2, 0) is 0 Å².